The van der Waals surface area contributed by atoms with Gasteiger partial charge in [-0.3, -0.25) is 0 Å². The fourth-order valence-electron chi connectivity index (χ4n) is 2.88. The van der Waals surface area contributed by atoms with Crippen molar-refractivity contribution in [1.82, 2.24) is 4.98 Å². The van der Waals surface area contributed by atoms with Crippen LogP contribution in [-0.2, 0) is 0 Å². The average Bonchev–Trinajstić information content (AvgIpc) is 2.72. The standard InChI is InChI=1S/C17H25N/c1-5-6-12(2)9-14(4)17-11-15-10-13(3)7-8-16(15)18-17/h7-8,10-12,14,18H,5-6,9H2,1-4H3. The number of nitrogens with one attached hydrogen (secondary N) is 1. The first-order chi connectivity index (χ1) is 8.60. The summed E-state index contributed by atoms with van der Waals surface area (Å²) in [6.07, 6.45) is 3.91. The minimum atomic E-state index is 0.624. The van der Waals surface area contributed by atoms with Crippen molar-refractivity contribution in [3.05, 3.63) is 35.5 Å². The molecule has 2 rings (SSSR count). The van der Waals surface area contributed by atoms with Gasteiger partial charge in [0, 0.05) is 11.2 Å². The highest BCUT2D eigenvalue weighted by Crippen LogP contribution is 2.28. The molecule has 0 fully saturated rings. The first-order valence-electron chi connectivity index (χ1n) is 7.19. The third-order valence-electron chi connectivity index (χ3n) is 3.87. The van der Waals surface area contributed by atoms with Gasteiger partial charge in [-0.05, 0) is 48.8 Å². The number of rotatable bonds is 5. The van der Waals surface area contributed by atoms with Gasteiger partial charge in [-0.1, -0.05) is 45.2 Å². The third kappa shape index (κ3) is 2.95. The summed E-state index contributed by atoms with van der Waals surface area (Å²) in [6, 6.07) is 8.95. The number of H-pyrrole nitrogens is 1. The Balaban J connectivity index is 2.15. The maximum absolute atomic E-state index is 3.57. The molecule has 1 aromatic heterocycles. The van der Waals surface area contributed by atoms with Crippen LogP contribution in [0.4, 0.5) is 0 Å². The van der Waals surface area contributed by atoms with Crippen molar-refractivity contribution >= 4 is 10.9 Å². The van der Waals surface area contributed by atoms with Gasteiger partial charge in [-0.25, -0.2) is 0 Å². The number of aryl methyl sites for hydroxylation is 1. The van der Waals surface area contributed by atoms with Crippen LogP contribution < -0.4 is 0 Å². The summed E-state index contributed by atoms with van der Waals surface area (Å²) in [5, 5.41) is 1.35. The molecular weight excluding hydrogens is 218 g/mol. The van der Waals surface area contributed by atoms with Crippen molar-refractivity contribution in [2.45, 2.75) is 52.9 Å². The van der Waals surface area contributed by atoms with E-state index in [0.717, 1.165) is 5.92 Å². The zero-order valence-electron chi connectivity index (χ0n) is 12.1. The molecule has 0 aliphatic rings. The Morgan fingerprint density at radius 2 is 1.94 bits per heavy atom. The van der Waals surface area contributed by atoms with Gasteiger partial charge in [0.05, 0.1) is 0 Å². The molecule has 2 unspecified atom stereocenters. The first-order valence-corrected chi connectivity index (χ1v) is 7.19. The topological polar surface area (TPSA) is 15.8 Å². The molecule has 0 bridgehead atoms. The molecule has 0 saturated carbocycles. The van der Waals surface area contributed by atoms with Gasteiger partial charge < -0.3 is 4.98 Å². The van der Waals surface area contributed by atoms with Gasteiger partial charge >= 0.3 is 0 Å². The van der Waals surface area contributed by atoms with E-state index in [-0.39, 0.29) is 0 Å². The highest BCUT2D eigenvalue weighted by molar-refractivity contribution is 5.81. The van der Waals surface area contributed by atoms with Gasteiger partial charge in [0.2, 0.25) is 0 Å². The summed E-state index contributed by atoms with van der Waals surface area (Å²) in [5.74, 6) is 1.44. The van der Waals surface area contributed by atoms with Crippen molar-refractivity contribution < 1.29 is 0 Å². The molecule has 1 nitrogen and oxygen atoms in total. The van der Waals surface area contributed by atoms with E-state index < -0.39 is 0 Å². The van der Waals surface area contributed by atoms with Crippen molar-refractivity contribution in [3.8, 4) is 0 Å². The van der Waals surface area contributed by atoms with E-state index in [1.165, 1.54) is 41.4 Å². The quantitative estimate of drug-likeness (QED) is 0.723. The number of aromatic amines is 1. The molecule has 1 N–H and O–H groups in total. The van der Waals surface area contributed by atoms with Gasteiger partial charge in [-0.2, -0.15) is 0 Å². The lowest BCUT2D eigenvalue weighted by Crippen LogP contribution is -2.02. The van der Waals surface area contributed by atoms with Crippen LogP contribution in [-0.4, -0.2) is 4.98 Å². The van der Waals surface area contributed by atoms with Crippen molar-refractivity contribution in [3.63, 3.8) is 0 Å². The van der Waals surface area contributed by atoms with E-state index in [2.05, 4.69) is 56.9 Å². The molecule has 1 aromatic carbocycles. The molecule has 0 saturated heterocycles. The largest absolute Gasteiger partial charge is 0.358 e. The van der Waals surface area contributed by atoms with Crippen molar-refractivity contribution in [2.24, 2.45) is 5.92 Å². The predicted octanol–water partition coefficient (Wildman–Crippen LogP) is 5.41. The van der Waals surface area contributed by atoms with E-state index in [0.29, 0.717) is 5.92 Å². The van der Waals surface area contributed by atoms with Crippen molar-refractivity contribution in [1.29, 1.82) is 0 Å². The van der Waals surface area contributed by atoms with E-state index >= 15 is 0 Å². The van der Waals surface area contributed by atoms with E-state index in [1.54, 1.807) is 0 Å². The molecule has 0 radical (unpaired) electrons. The Hall–Kier alpha value is -1.24. The Morgan fingerprint density at radius 1 is 1.17 bits per heavy atom. The maximum Gasteiger partial charge on any atom is 0.0456 e. The van der Waals surface area contributed by atoms with Gasteiger partial charge in [0.1, 0.15) is 0 Å². The molecule has 0 aliphatic carbocycles. The van der Waals surface area contributed by atoms with Crippen molar-refractivity contribution in [2.75, 3.05) is 0 Å². The zero-order valence-corrected chi connectivity index (χ0v) is 12.1. The lowest BCUT2D eigenvalue weighted by molar-refractivity contribution is 0.445. The number of fused-ring (bicyclic) bond motifs is 1. The van der Waals surface area contributed by atoms with Crippen LogP contribution in [0.1, 0.15) is 57.2 Å². The second kappa shape index (κ2) is 5.60. The Morgan fingerprint density at radius 3 is 2.67 bits per heavy atom. The van der Waals surface area contributed by atoms with Crippen LogP contribution in [0.2, 0.25) is 0 Å². The smallest absolute Gasteiger partial charge is 0.0456 e. The predicted molar refractivity (Wildman–Crippen MR) is 80.1 cm³/mol. The fourth-order valence-corrected chi connectivity index (χ4v) is 2.88. The molecule has 0 aliphatic heterocycles. The normalized spacial score (nSPS) is 14.9. The van der Waals surface area contributed by atoms with Crippen LogP contribution in [0.3, 0.4) is 0 Å². The first kappa shape index (κ1) is 13.2. The van der Waals surface area contributed by atoms with Gasteiger partial charge in [-0.15, -0.1) is 0 Å². The van der Waals surface area contributed by atoms with Crippen LogP contribution in [0, 0.1) is 12.8 Å². The summed E-state index contributed by atoms with van der Waals surface area (Å²) < 4.78 is 0. The maximum atomic E-state index is 3.57. The van der Waals surface area contributed by atoms with E-state index in [1.807, 2.05) is 0 Å². The third-order valence-corrected chi connectivity index (χ3v) is 3.87. The monoisotopic (exact) mass is 243 g/mol. The van der Waals surface area contributed by atoms with Gasteiger partial charge in [0.25, 0.3) is 0 Å². The highest BCUT2D eigenvalue weighted by Gasteiger charge is 2.12. The molecule has 1 heteroatoms. The number of aromatic nitrogens is 1. The highest BCUT2D eigenvalue weighted by atomic mass is 14.7. The SMILES string of the molecule is CCCC(C)CC(C)c1cc2cc(C)ccc2[nH]1. The summed E-state index contributed by atoms with van der Waals surface area (Å²) in [7, 11) is 0. The Labute approximate surface area is 111 Å². The number of benzene rings is 1. The molecule has 0 amide bonds. The lowest BCUT2D eigenvalue weighted by Gasteiger charge is -2.15. The molecule has 98 valence electrons. The summed E-state index contributed by atoms with van der Waals surface area (Å²) >= 11 is 0. The fraction of sp³-hybridized carbons (Fsp3) is 0.529. The van der Waals surface area contributed by atoms with Crippen LogP contribution in [0.15, 0.2) is 24.3 Å². The Kier molecular flexibility index (Phi) is 4.11. The van der Waals surface area contributed by atoms with E-state index in [9.17, 15) is 0 Å². The number of hydrogen-bond donors (Lipinski definition) is 1. The summed E-state index contributed by atoms with van der Waals surface area (Å²) in [6.45, 7) is 9.13. The van der Waals surface area contributed by atoms with E-state index in [4.69, 9.17) is 0 Å². The second-order valence-electron chi connectivity index (χ2n) is 5.85. The molecule has 1 heterocycles. The molecular formula is C17H25N. The second-order valence-corrected chi connectivity index (χ2v) is 5.85. The van der Waals surface area contributed by atoms with Crippen LogP contribution in [0.25, 0.3) is 10.9 Å². The molecule has 0 spiro atoms. The summed E-state index contributed by atoms with van der Waals surface area (Å²) in [4.78, 5) is 3.57. The Bertz CT molecular complexity index is 509. The van der Waals surface area contributed by atoms with Crippen LogP contribution in [0.5, 0.6) is 0 Å². The zero-order chi connectivity index (χ0) is 13.1. The van der Waals surface area contributed by atoms with Gasteiger partial charge in [0.15, 0.2) is 0 Å². The minimum Gasteiger partial charge on any atom is -0.358 e. The molecule has 2 aromatic rings. The lowest BCUT2D eigenvalue weighted by atomic mass is 9.92. The average molecular weight is 243 g/mol. The summed E-state index contributed by atoms with van der Waals surface area (Å²) in [5.41, 5.74) is 3.99. The molecule has 18 heavy (non-hydrogen) atoms. The van der Waals surface area contributed by atoms with Crippen LogP contribution >= 0.6 is 0 Å². The molecule has 2 atom stereocenters. The minimum absolute atomic E-state index is 0.624. The number of hydrogen-bond acceptors (Lipinski definition) is 0.